The third kappa shape index (κ3) is 3.26. The molecule has 5 heteroatoms. The van der Waals surface area contributed by atoms with Crippen molar-refractivity contribution in [2.24, 2.45) is 11.7 Å². The number of aliphatic hydroxyl groups excluding tert-OH is 1. The Balaban J connectivity index is 0.00000180. The maximum atomic E-state index is 11.9. The van der Waals surface area contributed by atoms with Crippen molar-refractivity contribution in [1.29, 1.82) is 0 Å². The van der Waals surface area contributed by atoms with Crippen LogP contribution >= 0.6 is 12.4 Å². The van der Waals surface area contributed by atoms with Gasteiger partial charge in [0.05, 0.1) is 18.2 Å². The van der Waals surface area contributed by atoms with Crippen LogP contribution in [-0.4, -0.2) is 23.2 Å². The number of hydrogen-bond acceptors (Lipinski definition) is 3. The molecular weight excluding hydrogens is 264 g/mol. The largest absolute Gasteiger partial charge is 0.390 e. The Labute approximate surface area is 119 Å². The lowest BCUT2D eigenvalue weighted by Gasteiger charge is -2.22. The van der Waals surface area contributed by atoms with Gasteiger partial charge in [-0.3, -0.25) is 4.79 Å². The molecule has 1 aliphatic carbocycles. The summed E-state index contributed by atoms with van der Waals surface area (Å²) in [6.07, 6.45) is 0.0172. The van der Waals surface area contributed by atoms with E-state index in [9.17, 15) is 9.90 Å². The molecule has 1 aliphatic rings. The molecule has 0 saturated heterocycles. The van der Waals surface area contributed by atoms with Crippen LogP contribution in [0.4, 0.5) is 0 Å². The summed E-state index contributed by atoms with van der Waals surface area (Å²) in [4.78, 5) is 11.9. The number of nitrogens with two attached hydrogens (primary N) is 1. The molecule has 4 N–H and O–H groups in total. The second-order valence-corrected chi connectivity index (χ2v) is 5.23. The minimum absolute atomic E-state index is 0. The molecule has 1 aromatic carbocycles. The molecule has 2 rings (SSSR count). The van der Waals surface area contributed by atoms with E-state index in [0.717, 1.165) is 11.1 Å². The van der Waals surface area contributed by atoms with Crippen LogP contribution in [0.1, 0.15) is 31.0 Å². The van der Waals surface area contributed by atoms with E-state index in [4.69, 9.17) is 5.73 Å². The molecule has 4 nitrogen and oxygen atoms in total. The van der Waals surface area contributed by atoms with Crippen LogP contribution in [-0.2, 0) is 11.2 Å². The van der Waals surface area contributed by atoms with Gasteiger partial charge in [-0.25, -0.2) is 0 Å². The summed E-state index contributed by atoms with van der Waals surface area (Å²) in [5.74, 6) is -0.121. The molecule has 1 amide bonds. The molecule has 0 aliphatic heterocycles. The van der Waals surface area contributed by atoms with Crippen molar-refractivity contribution in [2.45, 2.75) is 38.5 Å². The molecule has 1 unspecified atom stereocenters. The number of carbonyl (C=O) groups is 1. The topological polar surface area (TPSA) is 75.4 Å². The van der Waals surface area contributed by atoms with Crippen molar-refractivity contribution in [1.82, 2.24) is 5.32 Å². The first-order valence-electron chi connectivity index (χ1n) is 6.32. The van der Waals surface area contributed by atoms with E-state index in [1.165, 1.54) is 0 Å². The van der Waals surface area contributed by atoms with Gasteiger partial charge in [0.1, 0.15) is 0 Å². The summed E-state index contributed by atoms with van der Waals surface area (Å²) in [6, 6.07) is 6.90. The quantitative estimate of drug-likeness (QED) is 0.780. The third-order valence-electron chi connectivity index (χ3n) is 3.52. The van der Waals surface area contributed by atoms with Gasteiger partial charge >= 0.3 is 0 Å². The van der Waals surface area contributed by atoms with Gasteiger partial charge in [0.15, 0.2) is 0 Å². The average Bonchev–Trinajstić information content (AvgIpc) is 2.65. The predicted octanol–water partition coefficient (Wildman–Crippen LogP) is 1.17. The maximum Gasteiger partial charge on any atom is 0.237 e. The minimum Gasteiger partial charge on any atom is -0.390 e. The van der Waals surface area contributed by atoms with Gasteiger partial charge in [0.2, 0.25) is 5.91 Å². The van der Waals surface area contributed by atoms with Crippen LogP contribution in [0.25, 0.3) is 0 Å². The lowest BCUT2D eigenvalue weighted by atomic mass is 10.0. The fourth-order valence-electron chi connectivity index (χ4n) is 2.30. The Morgan fingerprint density at radius 3 is 2.68 bits per heavy atom. The Kier molecular flexibility index (Phi) is 5.35. The van der Waals surface area contributed by atoms with Crippen LogP contribution < -0.4 is 11.1 Å². The maximum absolute atomic E-state index is 11.9. The van der Waals surface area contributed by atoms with E-state index in [0.29, 0.717) is 6.42 Å². The summed E-state index contributed by atoms with van der Waals surface area (Å²) < 4.78 is 0. The number of hydrogen-bond donors (Lipinski definition) is 3. The van der Waals surface area contributed by atoms with Gasteiger partial charge in [-0.15, -0.1) is 12.4 Å². The fraction of sp³-hybridized carbons (Fsp3) is 0.500. The van der Waals surface area contributed by atoms with Gasteiger partial charge < -0.3 is 16.2 Å². The van der Waals surface area contributed by atoms with Crippen molar-refractivity contribution in [3.63, 3.8) is 0 Å². The van der Waals surface area contributed by atoms with Crippen LogP contribution in [0.2, 0.25) is 0 Å². The second-order valence-electron chi connectivity index (χ2n) is 5.23. The molecule has 0 saturated carbocycles. The minimum atomic E-state index is -0.564. The Morgan fingerprint density at radius 1 is 1.42 bits per heavy atom. The highest BCUT2D eigenvalue weighted by Crippen LogP contribution is 2.31. The summed E-state index contributed by atoms with van der Waals surface area (Å²) in [5.41, 5.74) is 7.90. The van der Waals surface area contributed by atoms with Gasteiger partial charge in [-0.2, -0.15) is 0 Å². The number of benzene rings is 1. The number of carbonyl (C=O) groups excluding carboxylic acids is 1. The molecule has 0 heterocycles. The molecule has 0 radical (unpaired) electrons. The highest BCUT2D eigenvalue weighted by molar-refractivity contribution is 5.85. The summed E-state index contributed by atoms with van der Waals surface area (Å²) in [6.45, 7) is 3.81. The zero-order chi connectivity index (χ0) is 13.3. The molecule has 0 aromatic heterocycles. The molecule has 0 spiro atoms. The standard InChI is InChI=1S/C14H20N2O2.ClH/c1-8(2)12(15)14(18)16-13-10-6-4-3-5-9(10)7-11(13)17;/h3-6,8,11-13,17H,7,15H2,1-2H3,(H,16,18);1H/t11-,12?,13+;/m0./s1. The first-order valence-corrected chi connectivity index (χ1v) is 6.32. The third-order valence-corrected chi connectivity index (χ3v) is 3.52. The van der Waals surface area contributed by atoms with Gasteiger partial charge in [-0.1, -0.05) is 38.1 Å². The van der Waals surface area contributed by atoms with E-state index in [1.807, 2.05) is 38.1 Å². The Hall–Kier alpha value is -1.10. The fourth-order valence-corrected chi connectivity index (χ4v) is 2.30. The second kappa shape index (κ2) is 6.37. The van der Waals surface area contributed by atoms with E-state index in [-0.39, 0.29) is 30.3 Å². The number of rotatable bonds is 3. The van der Waals surface area contributed by atoms with E-state index >= 15 is 0 Å². The monoisotopic (exact) mass is 284 g/mol. The van der Waals surface area contributed by atoms with E-state index in [2.05, 4.69) is 5.32 Å². The smallest absolute Gasteiger partial charge is 0.237 e. The summed E-state index contributed by atoms with van der Waals surface area (Å²) >= 11 is 0. The van der Waals surface area contributed by atoms with E-state index < -0.39 is 12.1 Å². The zero-order valence-corrected chi connectivity index (χ0v) is 12.0. The Bertz CT molecular complexity index is 451. The van der Waals surface area contributed by atoms with Crippen LogP contribution in [0.3, 0.4) is 0 Å². The van der Waals surface area contributed by atoms with E-state index in [1.54, 1.807) is 0 Å². The number of aliphatic hydroxyl groups is 1. The number of nitrogens with one attached hydrogen (secondary N) is 1. The number of fused-ring (bicyclic) bond motifs is 1. The van der Waals surface area contributed by atoms with Crippen molar-refractivity contribution >= 4 is 18.3 Å². The average molecular weight is 285 g/mol. The SMILES string of the molecule is CC(C)C(N)C(=O)N[C@@H]1c2ccccc2C[C@@H]1O.Cl. The summed E-state index contributed by atoms with van der Waals surface area (Å²) in [5, 5.41) is 12.9. The molecule has 0 fully saturated rings. The highest BCUT2D eigenvalue weighted by atomic mass is 35.5. The summed E-state index contributed by atoms with van der Waals surface area (Å²) in [7, 11) is 0. The molecule has 3 atom stereocenters. The molecule has 0 bridgehead atoms. The predicted molar refractivity (Wildman–Crippen MR) is 77.1 cm³/mol. The molecule has 19 heavy (non-hydrogen) atoms. The molecule has 1 aromatic rings. The van der Waals surface area contributed by atoms with Crippen LogP contribution in [0.15, 0.2) is 24.3 Å². The van der Waals surface area contributed by atoms with Gasteiger partial charge in [-0.05, 0) is 17.0 Å². The van der Waals surface area contributed by atoms with Crippen molar-refractivity contribution in [3.05, 3.63) is 35.4 Å². The van der Waals surface area contributed by atoms with Crippen molar-refractivity contribution in [2.75, 3.05) is 0 Å². The lowest BCUT2D eigenvalue weighted by Crippen LogP contribution is -2.46. The van der Waals surface area contributed by atoms with Crippen molar-refractivity contribution in [3.8, 4) is 0 Å². The normalized spacial score (nSPS) is 22.6. The van der Waals surface area contributed by atoms with Crippen molar-refractivity contribution < 1.29 is 9.90 Å². The van der Waals surface area contributed by atoms with Crippen LogP contribution in [0, 0.1) is 5.92 Å². The zero-order valence-electron chi connectivity index (χ0n) is 11.2. The Morgan fingerprint density at radius 2 is 2.05 bits per heavy atom. The number of amides is 1. The lowest BCUT2D eigenvalue weighted by molar-refractivity contribution is -0.124. The first-order chi connectivity index (χ1) is 8.50. The van der Waals surface area contributed by atoms with Gasteiger partial charge in [0, 0.05) is 6.42 Å². The molecular formula is C14H21ClN2O2. The highest BCUT2D eigenvalue weighted by Gasteiger charge is 2.33. The molecule has 106 valence electrons. The van der Waals surface area contributed by atoms with Crippen LogP contribution in [0.5, 0.6) is 0 Å². The first kappa shape index (κ1) is 16.0. The van der Waals surface area contributed by atoms with Gasteiger partial charge in [0.25, 0.3) is 0 Å². The number of halogens is 1.